The van der Waals surface area contributed by atoms with Crippen LogP contribution in [0.15, 0.2) is 41.8 Å². The Hall–Kier alpha value is -2.28. The number of fused-ring (bicyclic) bond motifs is 1. The van der Waals surface area contributed by atoms with Gasteiger partial charge in [-0.05, 0) is 18.2 Å². The van der Waals surface area contributed by atoms with Gasteiger partial charge in [-0.15, -0.1) is 0 Å². The van der Waals surface area contributed by atoms with Gasteiger partial charge in [0, 0.05) is 30.6 Å². The minimum absolute atomic E-state index is 0.119. The van der Waals surface area contributed by atoms with Gasteiger partial charge in [-0.1, -0.05) is 11.8 Å². The van der Waals surface area contributed by atoms with Crippen LogP contribution >= 0.6 is 11.8 Å². The number of ether oxygens (including phenoxy) is 2. The van der Waals surface area contributed by atoms with Crippen molar-refractivity contribution in [3.8, 4) is 11.5 Å². The first-order chi connectivity index (χ1) is 10.8. The highest BCUT2D eigenvalue weighted by atomic mass is 32.2. The van der Waals surface area contributed by atoms with E-state index in [-0.39, 0.29) is 11.7 Å². The number of rotatable bonds is 4. The summed E-state index contributed by atoms with van der Waals surface area (Å²) in [5, 5.41) is 3.41. The molecule has 2 aromatic rings. The summed E-state index contributed by atoms with van der Waals surface area (Å²) >= 11 is 1.29. The summed E-state index contributed by atoms with van der Waals surface area (Å²) in [4.78, 5) is 20.1. The fourth-order valence-electron chi connectivity index (χ4n) is 1.93. The van der Waals surface area contributed by atoms with Crippen molar-refractivity contribution >= 4 is 23.4 Å². The van der Waals surface area contributed by atoms with E-state index in [2.05, 4.69) is 15.3 Å². The van der Waals surface area contributed by atoms with Gasteiger partial charge in [0.15, 0.2) is 16.7 Å². The average Bonchev–Trinajstić information content (AvgIpc) is 2.79. The first-order valence-corrected chi connectivity index (χ1v) is 7.89. The minimum Gasteiger partial charge on any atom is -0.490 e. The topological polar surface area (TPSA) is 73.3 Å². The quantitative estimate of drug-likeness (QED) is 0.689. The zero-order valence-corrected chi connectivity index (χ0v) is 12.6. The molecule has 1 aromatic carbocycles. The van der Waals surface area contributed by atoms with Gasteiger partial charge in [-0.2, -0.15) is 0 Å². The van der Waals surface area contributed by atoms with Gasteiger partial charge in [-0.3, -0.25) is 4.79 Å². The zero-order chi connectivity index (χ0) is 15.2. The monoisotopic (exact) mass is 317 g/mol. The Bertz CT molecular complexity index is 652. The third kappa shape index (κ3) is 3.88. The van der Waals surface area contributed by atoms with Gasteiger partial charge in [0.05, 0.1) is 19.0 Å². The van der Waals surface area contributed by atoms with Crippen LogP contribution in [0.25, 0.3) is 0 Å². The molecular formula is C15H15N3O3S. The Kier molecular flexibility index (Phi) is 4.75. The normalized spacial score (nSPS) is 13.3. The highest BCUT2D eigenvalue weighted by Gasteiger charge is 2.12. The molecule has 1 aliphatic heterocycles. The van der Waals surface area contributed by atoms with Crippen molar-refractivity contribution in [2.24, 2.45) is 0 Å². The number of carbonyl (C=O) groups is 1. The number of anilines is 1. The van der Waals surface area contributed by atoms with Crippen molar-refractivity contribution < 1.29 is 14.3 Å². The molecule has 0 saturated heterocycles. The number of nitrogens with one attached hydrogen (secondary N) is 1. The Morgan fingerprint density at radius 2 is 1.95 bits per heavy atom. The number of carbonyl (C=O) groups excluding carboxylic acids is 1. The van der Waals surface area contributed by atoms with Gasteiger partial charge in [0.25, 0.3) is 0 Å². The van der Waals surface area contributed by atoms with Crippen LogP contribution in [0.3, 0.4) is 0 Å². The van der Waals surface area contributed by atoms with Gasteiger partial charge < -0.3 is 14.8 Å². The predicted molar refractivity (Wildman–Crippen MR) is 83.4 cm³/mol. The molecule has 0 aliphatic carbocycles. The van der Waals surface area contributed by atoms with Gasteiger partial charge in [0.1, 0.15) is 0 Å². The van der Waals surface area contributed by atoms with Crippen LogP contribution < -0.4 is 14.8 Å². The molecule has 0 atom stereocenters. The highest BCUT2D eigenvalue weighted by Crippen LogP contribution is 2.32. The van der Waals surface area contributed by atoms with E-state index >= 15 is 0 Å². The molecule has 1 amide bonds. The number of hydrogen-bond donors (Lipinski definition) is 1. The maximum Gasteiger partial charge on any atom is 0.234 e. The van der Waals surface area contributed by atoms with E-state index in [0.29, 0.717) is 35.6 Å². The summed E-state index contributed by atoms with van der Waals surface area (Å²) in [5.74, 6) is 1.50. The van der Waals surface area contributed by atoms with Gasteiger partial charge >= 0.3 is 0 Å². The van der Waals surface area contributed by atoms with E-state index in [1.54, 1.807) is 30.6 Å². The number of amides is 1. The van der Waals surface area contributed by atoms with E-state index < -0.39 is 0 Å². The maximum absolute atomic E-state index is 12.0. The lowest BCUT2D eigenvalue weighted by molar-refractivity contribution is -0.113. The van der Waals surface area contributed by atoms with Crippen LogP contribution in [0.1, 0.15) is 6.42 Å². The molecule has 2 heterocycles. The second-order valence-electron chi connectivity index (χ2n) is 4.58. The summed E-state index contributed by atoms with van der Waals surface area (Å²) in [6.45, 7) is 1.26. The lowest BCUT2D eigenvalue weighted by atomic mass is 10.2. The van der Waals surface area contributed by atoms with E-state index in [9.17, 15) is 4.79 Å². The van der Waals surface area contributed by atoms with Crippen molar-refractivity contribution in [2.45, 2.75) is 11.6 Å². The first-order valence-electron chi connectivity index (χ1n) is 6.90. The fraction of sp³-hybridized carbons (Fsp3) is 0.267. The minimum atomic E-state index is -0.119. The van der Waals surface area contributed by atoms with Crippen LogP contribution in [0.2, 0.25) is 0 Å². The standard InChI is InChI=1S/C15H15N3O3S/c19-14(10-22-15-16-5-1-6-17-15)18-11-3-4-12-13(9-11)21-8-2-7-20-12/h1,3-6,9H,2,7-8,10H2,(H,18,19). The van der Waals surface area contributed by atoms with Gasteiger partial charge in [-0.25, -0.2) is 9.97 Å². The Morgan fingerprint density at radius 1 is 1.18 bits per heavy atom. The van der Waals surface area contributed by atoms with Gasteiger partial charge in [0.2, 0.25) is 5.91 Å². The van der Waals surface area contributed by atoms with Crippen molar-refractivity contribution in [3.63, 3.8) is 0 Å². The summed E-state index contributed by atoms with van der Waals surface area (Å²) in [7, 11) is 0. The molecule has 6 nitrogen and oxygen atoms in total. The lowest BCUT2D eigenvalue weighted by Gasteiger charge is -2.10. The Labute approximate surface area is 132 Å². The number of benzene rings is 1. The first kappa shape index (κ1) is 14.6. The molecule has 3 rings (SSSR count). The summed E-state index contributed by atoms with van der Waals surface area (Å²) in [5.41, 5.74) is 0.684. The molecule has 1 aromatic heterocycles. The Balaban J connectivity index is 1.58. The van der Waals surface area contributed by atoms with E-state index in [1.807, 2.05) is 6.07 Å². The van der Waals surface area contributed by atoms with Crippen LogP contribution in [0.5, 0.6) is 11.5 Å². The SMILES string of the molecule is O=C(CSc1ncccn1)Nc1ccc2c(c1)OCCCO2. The summed E-state index contributed by atoms with van der Waals surface area (Å²) in [6.07, 6.45) is 4.15. The second-order valence-corrected chi connectivity index (χ2v) is 5.52. The molecular weight excluding hydrogens is 302 g/mol. The third-order valence-electron chi connectivity index (χ3n) is 2.91. The number of nitrogens with zero attached hydrogens (tertiary/aromatic N) is 2. The number of aromatic nitrogens is 2. The van der Waals surface area contributed by atoms with Crippen LogP contribution in [0.4, 0.5) is 5.69 Å². The van der Waals surface area contributed by atoms with Crippen molar-refractivity contribution in [1.82, 2.24) is 9.97 Å². The zero-order valence-electron chi connectivity index (χ0n) is 11.8. The number of thioether (sulfide) groups is 1. The second kappa shape index (κ2) is 7.13. The van der Waals surface area contributed by atoms with Crippen LogP contribution in [-0.2, 0) is 4.79 Å². The van der Waals surface area contributed by atoms with Crippen molar-refractivity contribution in [3.05, 3.63) is 36.7 Å². The fourth-order valence-corrected chi connectivity index (χ4v) is 2.53. The molecule has 7 heteroatoms. The molecule has 22 heavy (non-hydrogen) atoms. The van der Waals surface area contributed by atoms with Crippen LogP contribution in [-0.4, -0.2) is 34.8 Å². The molecule has 1 aliphatic rings. The largest absolute Gasteiger partial charge is 0.490 e. The molecule has 0 saturated carbocycles. The average molecular weight is 317 g/mol. The molecule has 1 N–H and O–H groups in total. The van der Waals surface area contributed by atoms with E-state index in [1.165, 1.54) is 11.8 Å². The molecule has 0 fully saturated rings. The number of hydrogen-bond acceptors (Lipinski definition) is 6. The third-order valence-corrected chi connectivity index (χ3v) is 3.78. The summed E-state index contributed by atoms with van der Waals surface area (Å²) in [6, 6.07) is 7.13. The predicted octanol–water partition coefficient (Wildman–Crippen LogP) is 2.37. The molecule has 0 unspecified atom stereocenters. The molecule has 114 valence electrons. The van der Waals surface area contributed by atoms with Crippen LogP contribution in [0, 0.1) is 0 Å². The smallest absolute Gasteiger partial charge is 0.234 e. The highest BCUT2D eigenvalue weighted by molar-refractivity contribution is 7.99. The maximum atomic E-state index is 12.0. The molecule has 0 radical (unpaired) electrons. The van der Waals surface area contributed by atoms with Crippen molar-refractivity contribution in [2.75, 3.05) is 24.3 Å². The Morgan fingerprint density at radius 3 is 2.77 bits per heavy atom. The van der Waals surface area contributed by atoms with E-state index in [4.69, 9.17) is 9.47 Å². The molecule has 0 spiro atoms. The summed E-state index contributed by atoms with van der Waals surface area (Å²) < 4.78 is 11.2. The van der Waals surface area contributed by atoms with E-state index in [0.717, 1.165) is 6.42 Å². The van der Waals surface area contributed by atoms with Crippen molar-refractivity contribution in [1.29, 1.82) is 0 Å². The molecule has 0 bridgehead atoms. The lowest BCUT2D eigenvalue weighted by Crippen LogP contribution is -2.14.